The quantitative estimate of drug-likeness (QED) is 0.361. The molecule has 5 aliphatic carbocycles. The maximum absolute atomic E-state index is 12.1. The van der Waals surface area contributed by atoms with Crippen LogP contribution >= 0.6 is 0 Å². The second kappa shape index (κ2) is 7.87. The van der Waals surface area contributed by atoms with Gasteiger partial charge in [-0.1, -0.05) is 46.3 Å². The van der Waals surface area contributed by atoms with Gasteiger partial charge in [-0.25, -0.2) is 0 Å². The highest BCUT2D eigenvalue weighted by atomic mass is 16.3. The van der Waals surface area contributed by atoms with Crippen LogP contribution in [0.3, 0.4) is 0 Å². The van der Waals surface area contributed by atoms with E-state index in [-0.39, 0.29) is 52.4 Å². The smallest absolute Gasteiger partial charge is 0.123 e. The molecule has 4 fully saturated rings. The summed E-state index contributed by atoms with van der Waals surface area (Å²) < 4.78 is 0. The maximum atomic E-state index is 12.1. The number of allylic oxidation sites excluding steroid dienone is 1. The van der Waals surface area contributed by atoms with Gasteiger partial charge in [0.05, 0.1) is 24.9 Å². The third-order valence-electron chi connectivity index (χ3n) is 12.5. The Morgan fingerprint density at radius 2 is 1.68 bits per heavy atom. The first-order chi connectivity index (χ1) is 15.9. The molecule has 0 heterocycles. The van der Waals surface area contributed by atoms with Crippen molar-refractivity contribution in [2.75, 3.05) is 6.61 Å². The summed E-state index contributed by atoms with van der Waals surface area (Å²) in [6.07, 6.45) is 7.67. The van der Waals surface area contributed by atoms with E-state index in [1.807, 2.05) is 6.92 Å². The number of hydrogen-bond acceptors (Lipinski definition) is 5. The van der Waals surface area contributed by atoms with Crippen molar-refractivity contribution >= 4 is 6.29 Å². The molecule has 4 saturated carbocycles. The monoisotopic (exact) mass is 474 g/mol. The fraction of sp³-hybridized carbons (Fsp3) is 0.897. The van der Waals surface area contributed by atoms with Crippen LogP contribution in [-0.4, -0.2) is 51.6 Å². The molecule has 0 aromatic rings. The maximum Gasteiger partial charge on any atom is 0.123 e. The number of aldehydes is 1. The summed E-state index contributed by atoms with van der Waals surface area (Å²) in [6.45, 7) is 10.9. The second-order valence-electron chi connectivity index (χ2n) is 14.1. The Bertz CT molecular complexity index is 867. The fourth-order valence-corrected chi connectivity index (χ4v) is 10.2. The normalized spacial score (nSPS) is 56.3. The van der Waals surface area contributed by atoms with Crippen molar-refractivity contribution in [2.45, 2.75) is 97.9 Å². The average Bonchev–Trinajstić information content (AvgIpc) is 2.79. The molecule has 0 bridgehead atoms. The van der Waals surface area contributed by atoms with E-state index in [1.54, 1.807) is 0 Å². The minimum absolute atomic E-state index is 0.00959. The summed E-state index contributed by atoms with van der Waals surface area (Å²) in [5.41, 5.74) is 0.398. The Hall–Kier alpha value is -0.750. The predicted octanol–water partition coefficient (Wildman–Crippen LogP) is 3.73. The van der Waals surface area contributed by atoms with Gasteiger partial charge in [-0.05, 0) is 84.9 Å². The number of aliphatic hydroxyl groups is 4. The number of rotatable bonds is 2. The van der Waals surface area contributed by atoms with Gasteiger partial charge in [0.1, 0.15) is 6.29 Å². The first kappa shape index (κ1) is 24.9. The zero-order valence-electron chi connectivity index (χ0n) is 21.7. The lowest BCUT2D eigenvalue weighted by Gasteiger charge is -2.68. The highest BCUT2D eigenvalue weighted by molar-refractivity contribution is 5.55. The van der Waals surface area contributed by atoms with Crippen LogP contribution in [0.15, 0.2) is 11.6 Å². The Kier molecular flexibility index (Phi) is 5.77. The van der Waals surface area contributed by atoms with Gasteiger partial charge in [0.2, 0.25) is 0 Å². The van der Waals surface area contributed by atoms with E-state index in [1.165, 1.54) is 5.57 Å². The van der Waals surface area contributed by atoms with E-state index in [9.17, 15) is 25.2 Å². The molecule has 0 amide bonds. The van der Waals surface area contributed by atoms with Crippen molar-refractivity contribution in [3.63, 3.8) is 0 Å². The van der Waals surface area contributed by atoms with Crippen molar-refractivity contribution in [1.29, 1.82) is 0 Å². The van der Waals surface area contributed by atoms with Crippen LogP contribution in [0, 0.1) is 57.2 Å². The molecular formula is C29H46O5. The molecule has 0 aromatic carbocycles. The van der Waals surface area contributed by atoms with E-state index in [2.05, 4.69) is 33.8 Å². The molecule has 192 valence electrons. The Labute approximate surface area is 205 Å². The molecule has 34 heavy (non-hydrogen) atoms. The molecule has 5 rings (SSSR count). The lowest BCUT2D eigenvalue weighted by Crippen LogP contribution is -2.64. The van der Waals surface area contributed by atoms with Crippen molar-refractivity contribution in [1.82, 2.24) is 0 Å². The van der Waals surface area contributed by atoms with Crippen LogP contribution < -0.4 is 0 Å². The summed E-state index contributed by atoms with van der Waals surface area (Å²) in [7, 11) is 0. The van der Waals surface area contributed by atoms with E-state index < -0.39 is 23.7 Å². The molecule has 12 unspecified atom stereocenters. The van der Waals surface area contributed by atoms with Crippen LogP contribution in [0.25, 0.3) is 0 Å². The van der Waals surface area contributed by atoms with Crippen molar-refractivity contribution in [3.8, 4) is 0 Å². The second-order valence-corrected chi connectivity index (χ2v) is 14.1. The lowest BCUT2D eigenvalue weighted by molar-refractivity contribution is -0.208. The first-order valence-corrected chi connectivity index (χ1v) is 13.7. The van der Waals surface area contributed by atoms with Gasteiger partial charge in [0, 0.05) is 17.3 Å². The highest BCUT2D eigenvalue weighted by Gasteiger charge is 2.66. The third kappa shape index (κ3) is 3.02. The van der Waals surface area contributed by atoms with E-state index in [4.69, 9.17) is 0 Å². The van der Waals surface area contributed by atoms with Gasteiger partial charge in [-0.15, -0.1) is 0 Å². The summed E-state index contributed by atoms with van der Waals surface area (Å²) in [5.74, 6) is 1.10. The molecule has 5 nitrogen and oxygen atoms in total. The van der Waals surface area contributed by atoms with E-state index in [0.717, 1.165) is 44.8 Å². The van der Waals surface area contributed by atoms with Crippen LogP contribution in [0.2, 0.25) is 0 Å². The molecule has 0 radical (unpaired) electrons. The molecule has 0 aromatic heterocycles. The zero-order valence-corrected chi connectivity index (χ0v) is 21.7. The molecule has 0 aliphatic heterocycles. The molecule has 5 heteroatoms. The minimum atomic E-state index is -0.885. The fourth-order valence-electron chi connectivity index (χ4n) is 10.2. The van der Waals surface area contributed by atoms with Crippen molar-refractivity contribution in [2.24, 2.45) is 57.2 Å². The summed E-state index contributed by atoms with van der Waals surface area (Å²) in [6, 6.07) is 0. The largest absolute Gasteiger partial charge is 0.396 e. The van der Waals surface area contributed by atoms with Crippen LogP contribution in [-0.2, 0) is 4.79 Å². The minimum Gasteiger partial charge on any atom is -0.396 e. The molecule has 4 N–H and O–H groups in total. The first-order valence-electron chi connectivity index (χ1n) is 13.7. The SMILES string of the molecule is CC1(C)CC(C=O)C2CCC3(C)C(=CCC4C5CC(O)C(O)C(C)(CO)C5CCC43C)C2C1O. The summed E-state index contributed by atoms with van der Waals surface area (Å²) >= 11 is 0. The number of fused-ring (bicyclic) bond motifs is 7. The van der Waals surface area contributed by atoms with Gasteiger partial charge in [-0.3, -0.25) is 0 Å². The average molecular weight is 475 g/mol. The van der Waals surface area contributed by atoms with Gasteiger partial charge in [0.15, 0.2) is 0 Å². The summed E-state index contributed by atoms with van der Waals surface area (Å²) in [4.78, 5) is 12.1. The van der Waals surface area contributed by atoms with Crippen molar-refractivity contribution < 1.29 is 25.2 Å². The molecule has 0 saturated heterocycles. The lowest BCUT2D eigenvalue weighted by atomic mass is 9.37. The predicted molar refractivity (Wildman–Crippen MR) is 131 cm³/mol. The van der Waals surface area contributed by atoms with Gasteiger partial charge >= 0.3 is 0 Å². The molecular weight excluding hydrogens is 428 g/mol. The van der Waals surface area contributed by atoms with Crippen LogP contribution in [0.5, 0.6) is 0 Å². The molecule has 0 spiro atoms. The zero-order chi connectivity index (χ0) is 24.8. The van der Waals surface area contributed by atoms with Gasteiger partial charge in [0.25, 0.3) is 0 Å². The standard InChI is InChI=1S/C29H46O5/c1-26(2)13-16(14-30)17-8-10-29(5)21(23(17)25(26)34)7-6-20-18-12-22(32)24(33)27(3,15-31)19(18)9-11-28(20,29)4/h7,14,16-20,22-25,31-34H,6,8-13,15H2,1-5H3. The number of hydrogen-bond donors (Lipinski definition) is 4. The van der Waals surface area contributed by atoms with Crippen LogP contribution in [0.1, 0.15) is 79.6 Å². The number of aliphatic hydroxyl groups excluding tert-OH is 4. The Morgan fingerprint density at radius 3 is 2.32 bits per heavy atom. The van der Waals surface area contributed by atoms with E-state index in [0.29, 0.717) is 12.3 Å². The summed E-state index contributed by atoms with van der Waals surface area (Å²) in [5, 5.41) is 43.5. The number of carbonyl (C=O) groups is 1. The Balaban J connectivity index is 1.56. The third-order valence-corrected chi connectivity index (χ3v) is 12.5. The molecule has 12 atom stereocenters. The number of carbonyl (C=O) groups excluding carboxylic acids is 1. The van der Waals surface area contributed by atoms with Gasteiger partial charge in [-0.2, -0.15) is 0 Å². The highest BCUT2D eigenvalue weighted by Crippen LogP contribution is 2.71. The molecule has 5 aliphatic rings. The van der Waals surface area contributed by atoms with Crippen molar-refractivity contribution in [3.05, 3.63) is 11.6 Å². The van der Waals surface area contributed by atoms with E-state index >= 15 is 0 Å². The Morgan fingerprint density at radius 1 is 0.971 bits per heavy atom. The van der Waals surface area contributed by atoms with Gasteiger partial charge < -0.3 is 25.2 Å². The van der Waals surface area contributed by atoms with Crippen LogP contribution in [0.4, 0.5) is 0 Å². The topological polar surface area (TPSA) is 98.0 Å².